The highest BCUT2D eigenvalue weighted by Gasteiger charge is 2.34. The predicted octanol–water partition coefficient (Wildman–Crippen LogP) is 2.19. The zero-order valence-electron chi connectivity index (χ0n) is 7.12. The van der Waals surface area contributed by atoms with Gasteiger partial charge in [0.1, 0.15) is 0 Å². The van der Waals surface area contributed by atoms with Gasteiger partial charge in [-0.15, -0.1) is 0 Å². The molecule has 0 atom stereocenters. The van der Waals surface area contributed by atoms with E-state index >= 15 is 0 Å². The van der Waals surface area contributed by atoms with Gasteiger partial charge in [0.15, 0.2) is 0 Å². The van der Waals surface area contributed by atoms with Crippen molar-refractivity contribution in [3.63, 3.8) is 0 Å². The maximum absolute atomic E-state index is 12.0. The van der Waals surface area contributed by atoms with Crippen LogP contribution in [0.4, 0.5) is 13.2 Å². The lowest BCUT2D eigenvalue weighted by molar-refractivity contribution is -0.145. The molecule has 1 aromatic rings. The number of alkyl halides is 3. The fourth-order valence-electron chi connectivity index (χ4n) is 0.665. The molecule has 76 valence electrons. The van der Waals surface area contributed by atoms with Gasteiger partial charge in [-0.05, 0) is 11.9 Å². The Bertz CT molecular complexity index is 320. The highest BCUT2D eigenvalue weighted by Crippen LogP contribution is 2.25. The molecule has 1 aromatic heterocycles. The van der Waals surface area contributed by atoms with Gasteiger partial charge in [-0.3, -0.25) is 0 Å². The van der Waals surface area contributed by atoms with Crippen molar-refractivity contribution in [1.82, 2.24) is 9.97 Å². The normalized spacial score (nSPS) is 12.3. The van der Waals surface area contributed by atoms with Crippen molar-refractivity contribution in [2.45, 2.75) is 6.18 Å². The van der Waals surface area contributed by atoms with E-state index in [-0.39, 0.29) is 0 Å². The van der Waals surface area contributed by atoms with Gasteiger partial charge in [-0.25, -0.2) is 14.4 Å². The smallest absolute Gasteiger partial charge is 0.232 e. The lowest BCUT2D eigenvalue weighted by atomic mass is 10.4. The largest absolute Gasteiger partial charge is 0.451 e. The Morgan fingerprint density at radius 1 is 1.36 bits per heavy atom. The summed E-state index contributed by atoms with van der Waals surface area (Å²) in [5, 5.41) is 0. The maximum Gasteiger partial charge on any atom is 0.451 e. The van der Waals surface area contributed by atoms with E-state index in [0.29, 0.717) is 5.56 Å². The third-order valence-electron chi connectivity index (χ3n) is 1.23. The lowest BCUT2D eigenvalue weighted by Gasteiger charge is -2.02. The van der Waals surface area contributed by atoms with Crippen molar-refractivity contribution in [3.8, 4) is 0 Å². The van der Waals surface area contributed by atoms with Gasteiger partial charge in [-0.2, -0.15) is 13.2 Å². The van der Waals surface area contributed by atoms with Crippen molar-refractivity contribution < 1.29 is 13.2 Å². The minimum absolute atomic E-state index is 0.437. The van der Waals surface area contributed by atoms with E-state index in [1.54, 1.807) is 6.26 Å². The van der Waals surface area contributed by atoms with Gasteiger partial charge in [0.2, 0.25) is 5.82 Å². The summed E-state index contributed by atoms with van der Waals surface area (Å²) >= 11 is 1.20. The summed E-state index contributed by atoms with van der Waals surface area (Å²) in [6.07, 6.45) is 0.798. The van der Waals surface area contributed by atoms with E-state index < -0.39 is 12.0 Å². The maximum atomic E-state index is 12.0. The number of aromatic nitrogens is 2. The fraction of sp³-hybridized carbons (Fsp3) is 0.286. The molecule has 14 heavy (non-hydrogen) atoms. The molecule has 0 saturated heterocycles. The van der Waals surface area contributed by atoms with Gasteiger partial charge in [0.05, 0.1) is 0 Å². The molecular weight excluding hydrogens is 215 g/mol. The second-order valence-corrected chi connectivity index (χ2v) is 2.83. The van der Waals surface area contributed by atoms with Crippen LogP contribution >= 0.6 is 11.9 Å². The standard InChI is InChI=1S/C7H6F3N3S/c1-14-13-4-5-2-11-6(12-3-5)7(8,9)10/h2-4H,1H3/b13-4+. The highest BCUT2D eigenvalue weighted by molar-refractivity contribution is 7.97. The average molecular weight is 221 g/mol. The van der Waals surface area contributed by atoms with Gasteiger partial charge in [0.25, 0.3) is 0 Å². The Labute approximate surface area is 82.6 Å². The van der Waals surface area contributed by atoms with Crippen LogP contribution in [0.25, 0.3) is 0 Å². The zero-order valence-corrected chi connectivity index (χ0v) is 7.93. The molecule has 0 saturated carbocycles. The van der Waals surface area contributed by atoms with Gasteiger partial charge in [-0.1, -0.05) is 0 Å². The first-order valence-corrected chi connectivity index (χ1v) is 4.68. The van der Waals surface area contributed by atoms with Crippen molar-refractivity contribution in [3.05, 3.63) is 23.8 Å². The molecular formula is C7H6F3N3S. The van der Waals surface area contributed by atoms with Crippen LogP contribution in [-0.2, 0) is 6.18 Å². The van der Waals surface area contributed by atoms with Crippen LogP contribution in [0.15, 0.2) is 16.8 Å². The Balaban J connectivity index is 2.84. The summed E-state index contributed by atoms with van der Waals surface area (Å²) in [4.78, 5) is 6.33. The molecule has 7 heteroatoms. The van der Waals surface area contributed by atoms with E-state index in [2.05, 4.69) is 14.4 Å². The second-order valence-electron chi connectivity index (χ2n) is 2.25. The summed E-state index contributed by atoms with van der Waals surface area (Å²) in [5.41, 5.74) is 0.437. The van der Waals surface area contributed by atoms with Crippen LogP contribution in [0.1, 0.15) is 11.4 Å². The van der Waals surface area contributed by atoms with E-state index in [1.807, 2.05) is 0 Å². The summed E-state index contributed by atoms with van der Waals surface area (Å²) in [5.74, 6) is -1.14. The minimum atomic E-state index is -4.49. The first-order chi connectivity index (χ1) is 6.54. The molecule has 0 bridgehead atoms. The van der Waals surface area contributed by atoms with Crippen LogP contribution in [-0.4, -0.2) is 22.4 Å². The molecule has 1 rings (SSSR count). The van der Waals surface area contributed by atoms with Crippen LogP contribution in [0, 0.1) is 0 Å². The Morgan fingerprint density at radius 2 is 1.93 bits per heavy atom. The molecule has 0 aliphatic heterocycles. The molecule has 3 nitrogen and oxygen atoms in total. The van der Waals surface area contributed by atoms with E-state index in [0.717, 1.165) is 12.4 Å². The number of rotatable bonds is 2. The molecule has 0 aliphatic carbocycles. The van der Waals surface area contributed by atoms with Crippen LogP contribution < -0.4 is 0 Å². The number of nitrogens with zero attached hydrogens (tertiary/aromatic N) is 3. The Morgan fingerprint density at radius 3 is 2.36 bits per heavy atom. The second kappa shape index (κ2) is 4.41. The Kier molecular flexibility index (Phi) is 3.45. The molecule has 0 amide bonds. The van der Waals surface area contributed by atoms with Crippen molar-refractivity contribution in [2.24, 2.45) is 4.40 Å². The summed E-state index contributed by atoms with van der Waals surface area (Å²) in [6, 6.07) is 0. The summed E-state index contributed by atoms with van der Waals surface area (Å²) in [7, 11) is 0. The molecule has 0 radical (unpaired) electrons. The topological polar surface area (TPSA) is 38.1 Å². The first-order valence-electron chi connectivity index (χ1n) is 3.50. The molecule has 0 unspecified atom stereocenters. The molecule has 0 spiro atoms. The number of halogens is 3. The van der Waals surface area contributed by atoms with E-state index in [9.17, 15) is 13.2 Å². The third-order valence-corrected chi connectivity index (χ3v) is 1.55. The number of hydrogen-bond acceptors (Lipinski definition) is 4. The summed E-state index contributed by atoms with van der Waals surface area (Å²) < 4.78 is 39.8. The van der Waals surface area contributed by atoms with Gasteiger partial charge < -0.3 is 0 Å². The van der Waals surface area contributed by atoms with Crippen LogP contribution in [0.5, 0.6) is 0 Å². The summed E-state index contributed by atoms with van der Waals surface area (Å²) in [6.45, 7) is 0. The van der Waals surface area contributed by atoms with Crippen LogP contribution in [0.2, 0.25) is 0 Å². The monoisotopic (exact) mass is 221 g/mol. The number of hydrogen-bond donors (Lipinski definition) is 0. The Hall–Kier alpha value is -1.11. The van der Waals surface area contributed by atoms with Crippen molar-refractivity contribution in [2.75, 3.05) is 6.26 Å². The molecule has 0 fully saturated rings. The lowest BCUT2D eigenvalue weighted by Crippen LogP contribution is -2.10. The molecule has 0 aromatic carbocycles. The first kappa shape index (κ1) is 11.0. The highest BCUT2D eigenvalue weighted by atomic mass is 32.2. The van der Waals surface area contributed by atoms with E-state index in [1.165, 1.54) is 18.2 Å². The average Bonchev–Trinajstić information content (AvgIpc) is 2.14. The molecule has 1 heterocycles. The van der Waals surface area contributed by atoms with Gasteiger partial charge in [0, 0.05) is 30.4 Å². The quantitative estimate of drug-likeness (QED) is 0.567. The SMILES string of the molecule is CS/N=C/c1cnc(C(F)(F)F)nc1. The fourth-order valence-corrected chi connectivity index (χ4v) is 0.892. The molecule has 0 aliphatic rings. The van der Waals surface area contributed by atoms with Crippen molar-refractivity contribution >= 4 is 18.2 Å². The van der Waals surface area contributed by atoms with Crippen LogP contribution in [0.3, 0.4) is 0 Å². The molecule has 0 N–H and O–H groups in total. The van der Waals surface area contributed by atoms with Crippen molar-refractivity contribution in [1.29, 1.82) is 0 Å². The predicted molar refractivity (Wildman–Crippen MR) is 48.1 cm³/mol. The van der Waals surface area contributed by atoms with E-state index in [4.69, 9.17) is 0 Å². The third kappa shape index (κ3) is 2.99. The van der Waals surface area contributed by atoms with Gasteiger partial charge >= 0.3 is 6.18 Å². The minimum Gasteiger partial charge on any atom is -0.232 e. The zero-order chi connectivity index (χ0) is 10.6.